The van der Waals surface area contributed by atoms with E-state index in [1.54, 1.807) is 12.1 Å². The zero-order valence-electron chi connectivity index (χ0n) is 13.9. The molecule has 1 N–H and O–H groups in total. The molecule has 6 heteroatoms. The Morgan fingerprint density at radius 2 is 1.38 bits per heavy atom. The molecule has 0 aliphatic rings. The van der Waals surface area contributed by atoms with Gasteiger partial charge < -0.3 is 14.8 Å². The molecule has 0 aliphatic heterocycles. The van der Waals surface area contributed by atoms with Gasteiger partial charge in [-0.3, -0.25) is 0 Å². The number of ether oxygens (including phenoxy) is 2. The van der Waals surface area contributed by atoms with Crippen LogP contribution in [0, 0.1) is 6.92 Å². The SMILES string of the molecule is Cc1ccc(Nc2cccc(Oc3ccc(OC(F)(F)F)cc3)c2)cc1. The lowest BCUT2D eigenvalue weighted by Gasteiger charge is -2.11. The molecule has 0 aliphatic carbocycles. The van der Waals surface area contributed by atoms with Crippen molar-refractivity contribution in [3.8, 4) is 17.2 Å². The molecule has 0 atom stereocenters. The Morgan fingerprint density at radius 1 is 0.731 bits per heavy atom. The Morgan fingerprint density at radius 3 is 2.04 bits per heavy atom. The van der Waals surface area contributed by atoms with E-state index in [-0.39, 0.29) is 5.75 Å². The molecule has 3 aromatic carbocycles. The lowest BCUT2D eigenvalue weighted by atomic mass is 10.2. The first-order valence-electron chi connectivity index (χ1n) is 7.85. The summed E-state index contributed by atoms with van der Waals surface area (Å²) < 4.78 is 46.0. The lowest BCUT2D eigenvalue weighted by Crippen LogP contribution is -2.16. The van der Waals surface area contributed by atoms with Gasteiger partial charge in [0, 0.05) is 17.4 Å². The maximum atomic E-state index is 12.2. The smallest absolute Gasteiger partial charge is 0.457 e. The number of nitrogens with one attached hydrogen (secondary N) is 1. The molecular formula is C20H16F3NO2. The summed E-state index contributed by atoms with van der Waals surface area (Å²) in [5.41, 5.74) is 2.95. The molecule has 0 unspecified atom stereocenters. The van der Waals surface area contributed by atoms with Crippen LogP contribution in [0.15, 0.2) is 72.8 Å². The minimum Gasteiger partial charge on any atom is -0.457 e. The quantitative estimate of drug-likeness (QED) is 0.569. The van der Waals surface area contributed by atoms with Crippen LogP contribution in [0.3, 0.4) is 0 Å². The molecule has 0 saturated heterocycles. The third-order valence-corrected chi connectivity index (χ3v) is 3.47. The van der Waals surface area contributed by atoms with Gasteiger partial charge in [0.15, 0.2) is 0 Å². The number of benzene rings is 3. The highest BCUT2D eigenvalue weighted by molar-refractivity contribution is 5.61. The average Bonchev–Trinajstić information content (AvgIpc) is 2.58. The summed E-state index contributed by atoms with van der Waals surface area (Å²) in [5.74, 6) is 0.679. The summed E-state index contributed by atoms with van der Waals surface area (Å²) in [6.07, 6.45) is -4.71. The van der Waals surface area contributed by atoms with Crippen LogP contribution in [0.2, 0.25) is 0 Å². The van der Waals surface area contributed by atoms with Gasteiger partial charge in [0.05, 0.1) is 0 Å². The molecule has 0 amide bonds. The van der Waals surface area contributed by atoms with Gasteiger partial charge in [-0.2, -0.15) is 0 Å². The lowest BCUT2D eigenvalue weighted by molar-refractivity contribution is -0.274. The van der Waals surface area contributed by atoms with Gasteiger partial charge in [-0.15, -0.1) is 13.2 Å². The van der Waals surface area contributed by atoms with Gasteiger partial charge in [0.25, 0.3) is 0 Å². The fourth-order valence-corrected chi connectivity index (χ4v) is 2.29. The van der Waals surface area contributed by atoms with Crippen molar-refractivity contribution in [3.63, 3.8) is 0 Å². The van der Waals surface area contributed by atoms with Crippen LogP contribution in [-0.2, 0) is 0 Å². The van der Waals surface area contributed by atoms with E-state index in [0.717, 1.165) is 11.4 Å². The Hall–Kier alpha value is -3.15. The first-order chi connectivity index (χ1) is 12.4. The minimum atomic E-state index is -4.71. The zero-order valence-corrected chi connectivity index (χ0v) is 13.9. The minimum absolute atomic E-state index is 0.292. The maximum absolute atomic E-state index is 12.2. The third kappa shape index (κ3) is 5.17. The van der Waals surface area contributed by atoms with Crippen LogP contribution in [0.25, 0.3) is 0 Å². The monoisotopic (exact) mass is 359 g/mol. The third-order valence-electron chi connectivity index (χ3n) is 3.47. The number of rotatable bonds is 5. The molecular weight excluding hydrogens is 343 g/mol. The van der Waals surface area contributed by atoms with Crippen molar-refractivity contribution in [2.24, 2.45) is 0 Å². The number of hydrogen-bond acceptors (Lipinski definition) is 3. The van der Waals surface area contributed by atoms with E-state index in [2.05, 4.69) is 10.1 Å². The van der Waals surface area contributed by atoms with Crippen molar-refractivity contribution >= 4 is 11.4 Å². The first kappa shape index (κ1) is 17.7. The Balaban J connectivity index is 1.67. The van der Waals surface area contributed by atoms with Crippen LogP contribution in [-0.4, -0.2) is 6.36 Å². The second-order valence-corrected chi connectivity index (χ2v) is 5.64. The van der Waals surface area contributed by atoms with Gasteiger partial charge in [0.2, 0.25) is 0 Å². The molecule has 0 spiro atoms. The van der Waals surface area contributed by atoms with E-state index in [1.807, 2.05) is 43.3 Å². The van der Waals surface area contributed by atoms with Gasteiger partial charge in [-0.05, 0) is 55.5 Å². The molecule has 3 aromatic rings. The average molecular weight is 359 g/mol. The molecule has 0 saturated carbocycles. The second-order valence-electron chi connectivity index (χ2n) is 5.64. The van der Waals surface area contributed by atoms with Gasteiger partial charge >= 0.3 is 6.36 Å². The molecule has 3 nitrogen and oxygen atoms in total. The van der Waals surface area contributed by atoms with Crippen molar-refractivity contribution < 1.29 is 22.6 Å². The summed E-state index contributed by atoms with van der Waals surface area (Å²) in [6, 6.07) is 20.5. The fraction of sp³-hybridized carbons (Fsp3) is 0.100. The summed E-state index contributed by atoms with van der Waals surface area (Å²) in [4.78, 5) is 0. The summed E-state index contributed by atoms with van der Waals surface area (Å²) in [7, 11) is 0. The molecule has 0 radical (unpaired) electrons. The van der Waals surface area contributed by atoms with Crippen LogP contribution in [0.4, 0.5) is 24.5 Å². The standard InChI is InChI=1S/C20H16F3NO2/c1-14-5-7-15(8-6-14)24-16-3-2-4-19(13-16)25-17-9-11-18(12-10-17)26-20(21,22)23/h2-13,24H,1H3. The highest BCUT2D eigenvalue weighted by Crippen LogP contribution is 2.29. The first-order valence-corrected chi connectivity index (χ1v) is 7.85. The van der Waals surface area contributed by atoms with Crippen molar-refractivity contribution in [2.45, 2.75) is 13.3 Å². The second kappa shape index (κ2) is 7.39. The molecule has 0 aromatic heterocycles. The maximum Gasteiger partial charge on any atom is 0.573 e. The normalized spacial score (nSPS) is 11.1. The van der Waals surface area contributed by atoms with E-state index in [1.165, 1.54) is 29.8 Å². The number of hydrogen-bond donors (Lipinski definition) is 1. The molecule has 0 bridgehead atoms. The molecule has 134 valence electrons. The van der Waals surface area contributed by atoms with E-state index < -0.39 is 6.36 Å². The molecule has 26 heavy (non-hydrogen) atoms. The summed E-state index contributed by atoms with van der Waals surface area (Å²) in [5, 5.41) is 3.27. The largest absolute Gasteiger partial charge is 0.573 e. The van der Waals surface area contributed by atoms with Gasteiger partial charge in [-0.25, -0.2) is 0 Å². The Bertz CT molecular complexity index is 859. The predicted octanol–water partition coefficient (Wildman–Crippen LogP) is 6.43. The van der Waals surface area contributed by atoms with Crippen molar-refractivity contribution in [1.29, 1.82) is 0 Å². The fourth-order valence-electron chi connectivity index (χ4n) is 2.29. The van der Waals surface area contributed by atoms with Crippen LogP contribution in [0.5, 0.6) is 17.2 Å². The van der Waals surface area contributed by atoms with E-state index in [4.69, 9.17) is 4.74 Å². The van der Waals surface area contributed by atoms with Crippen LogP contribution < -0.4 is 14.8 Å². The number of aryl methyl sites for hydroxylation is 1. The molecule has 3 rings (SSSR count). The van der Waals surface area contributed by atoms with E-state index in [0.29, 0.717) is 11.5 Å². The van der Waals surface area contributed by atoms with Crippen molar-refractivity contribution in [1.82, 2.24) is 0 Å². The Kier molecular flexibility index (Phi) is 5.02. The number of halogens is 3. The van der Waals surface area contributed by atoms with Crippen LogP contribution in [0.1, 0.15) is 5.56 Å². The van der Waals surface area contributed by atoms with Crippen molar-refractivity contribution in [3.05, 3.63) is 78.4 Å². The molecule has 0 fully saturated rings. The predicted molar refractivity (Wildman–Crippen MR) is 94.1 cm³/mol. The highest BCUT2D eigenvalue weighted by atomic mass is 19.4. The molecule has 0 heterocycles. The number of anilines is 2. The van der Waals surface area contributed by atoms with Crippen LogP contribution >= 0.6 is 0 Å². The zero-order chi connectivity index (χ0) is 18.6. The van der Waals surface area contributed by atoms with Gasteiger partial charge in [-0.1, -0.05) is 23.8 Å². The van der Waals surface area contributed by atoms with Crippen molar-refractivity contribution in [2.75, 3.05) is 5.32 Å². The topological polar surface area (TPSA) is 30.5 Å². The summed E-state index contributed by atoms with van der Waals surface area (Å²) >= 11 is 0. The highest BCUT2D eigenvalue weighted by Gasteiger charge is 2.30. The van der Waals surface area contributed by atoms with E-state index >= 15 is 0 Å². The van der Waals surface area contributed by atoms with Gasteiger partial charge in [0.1, 0.15) is 17.2 Å². The van der Waals surface area contributed by atoms with E-state index in [9.17, 15) is 13.2 Å². The summed E-state index contributed by atoms with van der Waals surface area (Å²) in [6.45, 7) is 2.02. The number of alkyl halides is 3. The Labute approximate surface area is 149 Å².